The molecule has 0 spiro atoms. The molecule has 0 aromatic carbocycles. The van der Waals surface area contributed by atoms with Crippen LogP contribution in [0.5, 0.6) is 0 Å². The van der Waals surface area contributed by atoms with Crippen molar-refractivity contribution >= 4 is 29.6 Å². The van der Waals surface area contributed by atoms with Gasteiger partial charge < -0.3 is 26.4 Å². The Morgan fingerprint density at radius 1 is 0.735 bits per heavy atom. The zero-order valence-electron chi connectivity index (χ0n) is 21.2. The Balaban J connectivity index is 4.72. The predicted molar refractivity (Wildman–Crippen MR) is 130 cm³/mol. The topological polar surface area (TPSA) is 154 Å². The van der Waals surface area contributed by atoms with Gasteiger partial charge in [0.25, 0.3) is 0 Å². The molecule has 0 bridgehead atoms. The summed E-state index contributed by atoms with van der Waals surface area (Å²) < 4.78 is 0. The van der Waals surface area contributed by atoms with Crippen molar-refractivity contribution in [2.45, 2.75) is 116 Å². The second kappa shape index (κ2) is 18.7. The molecule has 5 N–H and O–H groups in total. The number of carboxylic acids is 1. The van der Waals surface area contributed by atoms with Gasteiger partial charge in [0, 0.05) is 19.9 Å². The fourth-order valence-corrected chi connectivity index (χ4v) is 3.30. The molecule has 0 aliphatic carbocycles. The lowest BCUT2D eigenvalue weighted by atomic mass is 10.1. The molecule has 0 fully saturated rings. The van der Waals surface area contributed by atoms with Crippen molar-refractivity contribution in [2.75, 3.05) is 6.54 Å². The molecule has 10 heteroatoms. The third-order valence-corrected chi connectivity index (χ3v) is 5.43. The summed E-state index contributed by atoms with van der Waals surface area (Å²) >= 11 is 0. The van der Waals surface area contributed by atoms with Crippen LogP contribution in [0.15, 0.2) is 0 Å². The minimum absolute atomic E-state index is 0.132. The zero-order valence-corrected chi connectivity index (χ0v) is 21.2. The minimum atomic E-state index is -1.18. The van der Waals surface area contributed by atoms with Crippen molar-refractivity contribution in [1.82, 2.24) is 21.3 Å². The Morgan fingerprint density at radius 3 is 1.91 bits per heavy atom. The molecular weight excluding hydrogens is 440 g/mol. The average molecular weight is 485 g/mol. The van der Waals surface area contributed by atoms with E-state index in [1.807, 2.05) is 0 Å². The second-order valence-corrected chi connectivity index (χ2v) is 8.77. The Kier molecular flexibility index (Phi) is 17.3. The van der Waals surface area contributed by atoms with Crippen LogP contribution in [0.25, 0.3) is 0 Å². The molecule has 0 heterocycles. The lowest BCUT2D eigenvalue weighted by Gasteiger charge is -2.22. The molecule has 0 aliphatic rings. The molecule has 3 atom stereocenters. The third kappa shape index (κ3) is 16.0. The van der Waals surface area contributed by atoms with Crippen molar-refractivity contribution in [3.63, 3.8) is 0 Å². The Labute approximate surface area is 203 Å². The van der Waals surface area contributed by atoms with E-state index in [0.717, 1.165) is 25.7 Å². The van der Waals surface area contributed by atoms with Gasteiger partial charge in [0.15, 0.2) is 0 Å². The van der Waals surface area contributed by atoms with Crippen LogP contribution in [0.3, 0.4) is 0 Å². The van der Waals surface area contributed by atoms with Gasteiger partial charge in [0.1, 0.15) is 18.1 Å². The molecule has 0 aromatic heterocycles. The fourth-order valence-electron chi connectivity index (χ4n) is 3.30. The summed E-state index contributed by atoms with van der Waals surface area (Å²) in [5, 5.41) is 19.2. The summed E-state index contributed by atoms with van der Waals surface area (Å²) in [4.78, 5) is 59.3. The van der Waals surface area contributed by atoms with E-state index in [0.29, 0.717) is 32.2 Å². The van der Waals surface area contributed by atoms with Crippen LogP contribution in [0.4, 0.5) is 0 Å². The smallest absolute Gasteiger partial charge is 0.325 e. The summed E-state index contributed by atoms with van der Waals surface area (Å²) in [6.07, 6.45) is 9.50. The van der Waals surface area contributed by atoms with E-state index in [1.54, 1.807) is 0 Å². The van der Waals surface area contributed by atoms with Gasteiger partial charge in [0.05, 0.1) is 0 Å². The number of carbonyl (C=O) groups excluding carboxylic acids is 4. The lowest BCUT2D eigenvalue weighted by Crippen LogP contribution is -2.54. The summed E-state index contributed by atoms with van der Waals surface area (Å²) in [6, 6.07) is -2.86. The van der Waals surface area contributed by atoms with Gasteiger partial charge in [-0.2, -0.15) is 0 Å². The first-order valence-corrected chi connectivity index (χ1v) is 12.5. The van der Waals surface area contributed by atoms with Crippen LogP contribution >= 0.6 is 0 Å². The maximum Gasteiger partial charge on any atom is 0.325 e. The number of aliphatic carboxylic acids is 1. The average Bonchev–Trinajstić information content (AvgIpc) is 2.76. The molecule has 0 rings (SSSR count). The monoisotopic (exact) mass is 484 g/mol. The summed E-state index contributed by atoms with van der Waals surface area (Å²) in [6.45, 7) is 6.85. The number of unbranched alkanes of at least 4 members (excludes halogenated alkanes) is 7. The van der Waals surface area contributed by atoms with Crippen molar-refractivity contribution in [3.05, 3.63) is 0 Å². The number of hydrogen-bond acceptors (Lipinski definition) is 5. The van der Waals surface area contributed by atoms with Crippen LogP contribution in [0.2, 0.25) is 0 Å². The van der Waals surface area contributed by atoms with Crippen LogP contribution in [0.1, 0.15) is 98.3 Å². The lowest BCUT2D eigenvalue weighted by molar-refractivity contribution is -0.141. The normalized spacial score (nSPS) is 13.3. The minimum Gasteiger partial charge on any atom is -0.480 e. The van der Waals surface area contributed by atoms with Gasteiger partial charge in [-0.25, -0.2) is 0 Å². The van der Waals surface area contributed by atoms with Gasteiger partial charge in [-0.05, 0) is 39.5 Å². The first-order valence-electron chi connectivity index (χ1n) is 12.5. The quantitative estimate of drug-likeness (QED) is 0.177. The van der Waals surface area contributed by atoms with Gasteiger partial charge >= 0.3 is 5.97 Å². The van der Waals surface area contributed by atoms with Crippen molar-refractivity contribution in [3.8, 4) is 0 Å². The molecule has 10 nitrogen and oxygen atoms in total. The molecule has 34 heavy (non-hydrogen) atoms. The molecule has 0 saturated carbocycles. The zero-order chi connectivity index (χ0) is 25.9. The van der Waals surface area contributed by atoms with Crippen LogP contribution in [-0.2, 0) is 24.0 Å². The van der Waals surface area contributed by atoms with E-state index in [2.05, 4.69) is 28.2 Å². The van der Waals surface area contributed by atoms with E-state index in [-0.39, 0.29) is 11.8 Å². The van der Waals surface area contributed by atoms with Crippen LogP contribution < -0.4 is 21.3 Å². The Hall–Kier alpha value is -2.65. The molecular formula is C24H44N4O6. The Bertz CT molecular complexity index is 655. The SMILES string of the molecule is CCCCCCCCCC(=O)N[C@@H](CCCCNC(C)=O)C(=O)N[C@H](C)C(=O)N[C@H](C)C(=O)O. The van der Waals surface area contributed by atoms with Gasteiger partial charge in [-0.3, -0.25) is 24.0 Å². The molecule has 0 radical (unpaired) electrons. The van der Waals surface area contributed by atoms with Gasteiger partial charge in [-0.1, -0.05) is 45.4 Å². The highest BCUT2D eigenvalue weighted by Crippen LogP contribution is 2.09. The van der Waals surface area contributed by atoms with E-state index >= 15 is 0 Å². The van der Waals surface area contributed by atoms with Crippen molar-refractivity contribution < 1.29 is 29.1 Å². The summed E-state index contributed by atoms with van der Waals surface area (Å²) in [5.41, 5.74) is 0. The first-order chi connectivity index (χ1) is 16.1. The van der Waals surface area contributed by atoms with E-state index < -0.39 is 35.9 Å². The number of amides is 4. The fraction of sp³-hybridized carbons (Fsp3) is 0.792. The molecule has 0 saturated heterocycles. The van der Waals surface area contributed by atoms with Crippen LogP contribution in [0, 0.1) is 0 Å². The van der Waals surface area contributed by atoms with Crippen LogP contribution in [-0.4, -0.2) is 59.4 Å². The van der Waals surface area contributed by atoms with E-state index in [4.69, 9.17) is 5.11 Å². The van der Waals surface area contributed by atoms with Gasteiger partial charge in [-0.15, -0.1) is 0 Å². The highest BCUT2D eigenvalue weighted by atomic mass is 16.4. The maximum atomic E-state index is 12.8. The molecule has 0 aliphatic heterocycles. The summed E-state index contributed by atoms with van der Waals surface area (Å²) in [5.74, 6) is -2.65. The van der Waals surface area contributed by atoms with Crippen molar-refractivity contribution in [1.29, 1.82) is 0 Å². The largest absolute Gasteiger partial charge is 0.480 e. The number of rotatable bonds is 19. The number of nitrogens with one attached hydrogen (secondary N) is 4. The number of hydrogen-bond donors (Lipinski definition) is 5. The Morgan fingerprint density at radius 2 is 1.32 bits per heavy atom. The highest BCUT2D eigenvalue weighted by Gasteiger charge is 2.25. The standard InChI is InChI=1S/C24H44N4O6/c1-5-6-7-8-9-10-11-15-21(30)28-20(14-12-13-16-25-19(4)29)23(32)26-17(2)22(31)27-18(3)24(33)34/h17-18,20H,5-16H2,1-4H3,(H,25,29)(H,26,32)(H,27,31)(H,28,30)(H,33,34)/t17-,18-,20+/m1/s1. The predicted octanol–water partition coefficient (Wildman–Crippen LogP) is 2.01. The molecule has 4 amide bonds. The number of carboxylic acid groups (broad SMARTS) is 1. The highest BCUT2D eigenvalue weighted by molar-refractivity contribution is 5.93. The van der Waals surface area contributed by atoms with E-state index in [1.165, 1.54) is 40.0 Å². The summed E-state index contributed by atoms with van der Waals surface area (Å²) in [7, 11) is 0. The van der Waals surface area contributed by atoms with E-state index in [9.17, 15) is 24.0 Å². The molecule has 0 aromatic rings. The third-order valence-electron chi connectivity index (χ3n) is 5.43. The first kappa shape index (κ1) is 31.4. The van der Waals surface area contributed by atoms with Gasteiger partial charge in [0.2, 0.25) is 23.6 Å². The molecule has 0 unspecified atom stereocenters. The number of carbonyl (C=O) groups is 5. The second-order valence-electron chi connectivity index (χ2n) is 8.77. The maximum absolute atomic E-state index is 12.8. The molecule has 196 valence electrons. The van der Waals surface area contributed by atoms with Crippen molar-refractivity contribution in [2.24, 2.45) is 0 Å².